The molecule has 0 saturated carbocycles. The highest BCUT2D eigenvalue weighted by Crippen LogP contribution is 2.43. The van der Waals surface area contributed by atoms with Crippen molar-refractivity contribution < 1.29 is 43.0 Å². The smallest absolute Gasteiger partial charge is 0.457 e. The van der Waals surface area contributed by atoms with E-state index in [0.29, 0.717) is 13.0 Å². The fourth-order valence-corrected chi connectivity index (χ4v) is 5.63. The number of carbonyl (C=O) groups is 1. The second kappa shape index (κ2) is 36.2. The van der Waals surface area contributed by atoms with Crippen LogP contribution in [0.5, 0.6) is 0 Å². The average Bonchev–Trinajstić information content (AvgIpc) is 3.09. The van der Waals surface area contributed by atoms with E-state index in [-0.39, 0.29) is 19.6 Å². The number of allylic oxidation sites excluding steroid dienone is 8. The van der Waals surface area contributed by atoms with E-state index < -0.39 is 39.2 Å². The highest BCUT2D eigenvalue weighted by atomic mass is 31.2. The molecule has 0 spiro atoms. The number of rotatable bonds is 36. The van der Waals surface area contributed by atoms with Gasteiger partial charge in [-0.05, 0) is 64.2 Å². The standard InChI is InChI=1S/C39H71O9P/c1-3-5-7-9-11-13-15-16-17-18-19-20-21-22-24-26-28-30-32-45-35-38(36-47-49(43,44)46-34-37(41)33-40)48-39(42)31-29-27-25-23-14-12-10-8-6-4-2/h5,7-8,10-11,13,16-17,37-38,40-41H,3-4,6,9,12,14-15,18-36H2,1-2H3,(H,43,44)/b7-5-,10-8-,13-11-,17-16-. The monoisotopic (exact) mass is 714 g/mol. The van der Waals surface area contributed by atoms with Crippen LogP contribution in [0.3, 0.4) is 0 Å². The molecule has 0 radical (unpaired) electrons. The second-order valence-electron chi connectivity index (χ2n) is 12.6. The first kappa shape index (κ1) is 47.4. The van der Waals surface area contributed by atoms with Crippen LogP contribution in [-0.2, 0) is 27.9 Å². The second-order valence-corrected chi connectivity index (χ2v) is 14.0. The summed E-state index contributed by atoms with van der Waals surface area (Å²) in [5.74, 6) is -0.400. The molecule has 0 saturated heterocycles. The topological polar surface area (TPSA) is 132 Å². The fraction of sp³-hybridized carbons (Fsp3) is 0.769. The first-order valence-corrected chi connectivity index (χ1v) is 20.6. The van der Waals surface area contributed by atoms with E-state index in [2.05, 4.69) is 62.5 Å². The SMILES string of the molecule is CC/C=C\C/C=C\C/C=C\CCCCCCCCCCOCC(COP(=O)(O)OCC(O)CO)OC(=O)CCCCCCC/C=C\CCC. The normalized spacial score (nSPS) is 14.8. The Morgan fingerprint density at radius 3 is 1.78 bits per heavy atom. The van der Waals surface area contributed by atoms with Crippen molar-refractivity contribution in [3.63, 3.8) is 0 Å². The molecule has 10 heteroatoms. The maximum Gasteiger partial charge on any atom is 0.472 e. The van der Waals surface area contributed by atoms with Crippen LogP contribution < -0.4 is 0 Å². The zero-order valence-corrected chi connectivity index (χ0v) is 31.8. The highest BCUT2D eigenvalue weighted by molar-refractivity contribution is 7.47. The van der Waals surface area contributed by atoms with Gasteiger partial charge in [-0.2, -0.15) is 0 Å². The molecule has 3 N–H and O–H groups in total. The Kier molecular flexibility index (Phi) is 35.1. The van der Waals surface area contributed by atoms with Gasteiger partial charge in [-0.1, -0.05) is 127 Å². The molecule has 49 heavy (non-hydrogen) atoms. The quantitative estimate of drug-likeness (QED) is 0.0251. The molecule has 0 aromatic carbocycles. The van der Waals surface area contributed by atoms with Gasteiger partial charge in [-0.3, -0.25) is 13.8 Å². The minimum absolute atomic E-state index is 0.0393. The van der Waals surface area contributed by atoms with Gasteiger partial charge in [0.05, 0.1) is 26.4 Å². The molecule has 3 unspecified atom stereocenters. The highest BCUT2D eigenvalue weighted by Gasteiger charge is 2.26. The summed E-state index contributed by atoms with van der Waals surface area (Å²) in [6.07, 6.45) is 37.9. The van der Waals surface area contributed by atoms with Gasteiger partial charge in [0, 0.05) is 13.0 Å². The van der Waals surface area contributed by atoms with Crippen LogP contribution in [-0.4, -0.2) is 66.3 Å². The molecule has 0 aliphatic rings. The van der Waals surface area contributed by atoms with Gasteiger partial charge >= 0.3 is 13.8 Å². The van der Waals surface area contributed by atoms with Crippen LogP contribution in [0.15, 0.2) is 48.6 Å². The molecule has 0 aliphatic carbocycles. The molecule has 3 atom stereocenters. The van der Waals surface area contributed by atoms with Gasteiger partial charge in [-0.15, -0.1) is 0 Å². The van der Waals surface area contributed by atoms with Crippen molar-refractivity contribution >= 4 is 13.8 Å². The lowest BCUT2D eigenvalue weighted by atomic mass is 10.1. The van der Waals surface area contributed by atoms with E-state index in [1.54, 1.807) is 0 Å². The Bertz CT molecular complexity index is 903. The van der Waals surface area contributed by atoms with Crippen molar-refractivity contribution in [2.45, 2.75) is 161 Å². The number of aliphatic hydroxyl groups excluding tert-OH is 2. The zero-order chi connectivity index (χ0) is 36.1. The number of phosphoric ester groups is 1. The molecule has 286 valence electrons. The molecule has 0 amide bonds. The van der Waals surface area contributed by atoms with Crippen LogP contribution in [0.2, 0.25) is 0 Å². The third-order valence-electron chi connectivity index (χ3n) is 7.73. The number of hydrogen-bond donors (Lipinski definition) is 3. The molecule has 0 aliphatic heterocycles. The molecule has 0 aromatic heterocycles. The predicted molar refractivity (Wildman–Crippen MR) is 200 cm³/mol. The van der Waals surface area contributed by atoms with E-state index in [4.69, 9.17) is 23.6 Å². The number of phosphoric acid groups is 1. The molecule has 0 rings (SSSR count). The summed E-state index contributed by atoms with van der Waals surface area (Å²) in [6.45, 7) is 3.29. The Morgan fingerprint density at radius 2 is 1.16 bits per heavy atom. The zero-order valence-electron chi connectivity index (χ0n) is 30.9. The summed E-state index contributed by atoms with van der Waals surface area (Å²) in [6, 6.07) is 0. The summed E-state index contributed by atoms with van der Waals surface area (Å²) in [4.78, 5) is 22.4. The molecular formula is C39H71O9P. The van der Waals surface area contributed by atoms with Gasteiger partial charge in [0.1, 0.15) is 12.2 Å². The fourth-order valence-electron chi connectivity index (χ4n) is 4.84. The molecular weight excluding hydrogens is 643 g/mol. The minimum Gasteiger partial charge on any atom is -0.457 e. The van der Waals surface area contributed by atoms with Gasteiger partial charge in [0.15, 0.2) is 0 Å². The summed E-state index contributed by atoms with van der Waals surface area (Å²) < 4.78 is 33.2. The average molecular weight is 715 g/mol. The Hall–Kier alpha value is -1.58. The lowest BCUT2D eigenvalue weighted by molar-refractivity contribution is -0.154. The molecule has 9 nitrogen and oxygen atoms in total. The number of ether oxygens (including phenoxy) is 2. The first-order valence-electron chi connectivity index (χ1n) is 19.1. The van der Waals surface area contributed by atoms with E-state index >= 15 is 0 Å². The summed E-state index contributed by atoms with van der Waals surface area (Å²) in [5, 5.41) is 18.3. The largest absolute Gasteiger partial charge is 0.472 e. The van der Waals surface area contributed by atoms with Gasteiger partial charge < -0.3 is 24.6 Å². The van der Waals surface area contributed by atoms with E-state index in [1.165, 1.54) is 38.5 Å². The van der Waals surface area contributed by atoms with Crippen LogP contribution in [0, 0.1) is 0 Å². The van der Waals surface area contributed by atoms with Crippen LogP contribution in [0.25, 0.3) is 0 Å². The third-order valence-corrected chi connectivity index (χ3v) is 8.68. The van der Waals surface area contributed by atoms with Crippen molar-refractivity contribution in [2.75, 3.05) is 33.0 Å². The number of aliphatic hydroxyl groups is 2. The van der Waals surface area contributed by atoms with Crippen molar-refractivity contribution in [1.29, 1.82) is 0 Å². The number of carbonyl (C=O) groups excluding carboxylic acids is 1. The molecule has 0 heterocycles. The lowest BCUT2D eigenvalue weighted by Crippen LogP contribution is -2.29. The number of esters is 1. The van der Waals surface area contributed by atoms with Crippen LogP contribution in [0.4, 0.5) is 0 Å². The summed E-state index contributed by atoms with van der Waals surface area (Å²) in [5.41, 5.74) is 0. The van der Waals surface area contributed by atoms with Crippen LogP contribution >= 0.6 is 7.82 Å². The van der Waals surface area contributed by atoms with E-state index in [9.17, 15) is 19.4 Å². The Balaban J connectivity index is 4.19. The minimum atomic E-state index is -4.51. The number of hydrogen-bond acceptors (Lipinski definition) is 8. The molecule has 0 bridgehead atoms. The van der Waals surface area contributed by atoms with Crippen molar-refractivity contribution in [1.82, 2.24) is 0 Å². The molecule has 0 aromatic rings. The lowest BCUT2D eigenvalue weighted by Gasteiger charge is -2.20. The first-order chi connectivity index (χ1) is 23.8. The van der Waals surface area contributed by atoms with E-state index in [0.717, 1.165) is 83.5 Å². The van der Waals surface area contributed by atoms with Crippen molar-refractivity contribution in [3.05, 3.63) is 48.6 Å². The van der Waals surface area contributed by atoms with E-state index in [1.807, 2.05) is 0 Å². The van der Waals surface area contributed by atoms with Gasteiger partial charge in [-0.25, -0.2) is 4.57 Å². The van der Waals surface area contributed by atoms with Crippen molar-refractivity contribution in [3.8, 4) is 0 Å². The number of unbranched alkanes of at least 4 members (excludes halogenated alkanes) is 14. The maximum absolute atomic E-state index is 12.5. The predicted octanol–water partition coefficient (Wildman–Crippen LogP) is 9.86. The Morgan fingerprint density at radius 1 is 0.653 bits per heavy atom. The van der Waals surface area contributed by atoms with Gasteiger partial charge in [0.2, 0.25) is 0 Å². The van der Waals surface area contributed by atoms with Crippen LogP contribution in [0.1, 0.15) is 149 Å². The summed E-state index contributed by atoms with van der Waals surface area (Å²) >= 11 is 0. The third kappa shape index (κ3) is 36.0. The Labute approximate surface area is 298 Å². The van der Waals surface area contributed by atoms with Gasteiger partial charge in [0.25, 0.3) is 0 Å². The molecule has 0 fully saturated rings. The maximum atomic E-state index is 12.5. The summed E-state index contributed by atoms with van der Waals surface area (Å²) in [7, 11) is -4.51. The van der Waals surface area contributed by atoms with Crippen molar-refractivity contribution in [2.24, 2.45) is 0 Å².